The first-order valence-corrected chi connectivity index (χ1v) is 10.9. The Balaban J connectivity index is 1.32. The molecular weight excluding hydrogens is 428 g/mol. The van der Waals surface area contributed by atoms with Crippen molar-refractivity contribution in [2.24, 2.45) is 0 Å². The predicted octanol–water partition coefficient (Wildman–Crippen LogP) is 3.62. The quantitative estimate of drug-likeness (QED) is 0.500. The molecule has 1 amide bonds. The highest BCUT2D eigenvalue weighted by molar-refractivity contribution is 6.33. The van der Waals surface area contributed by atoms with Gasteiger partial charge in [-0.05, 0) is 36.3 Å². The van der Waals surface area contributed by atoms with Gasteiger partial charge in [0.05, 0.1) is 5.02 Å². The highest BCUT2D eigenvalue weighted by atomic mass is 35.5. The van der Waals surface area contributed by atoms with Gasteiger partial charge in [-0.2, -0.15) is 4.80 Å². The lowest BCUT2D eigenvalue weighted by Crippen LogP contribution is -2.20. The lowest BCUT2D eigenvalue weighted by molar-refractivity contribution is -0.117. The lowest BCUT2D eigenvalue weighted by Gasteiger charge is -2.11. The fourth-order valence-electron chi connectivity index (χ4n) is 3.80. The zero-order chi connectivity index (χ0) is 21.9. The predicted molar refractivity (Wildman–Crippen MR) is 120 cm³/mol. The maximum atomic E-state index is 12.6. The number of rotatable bonds is 5. The van der Waals surface area contributed by atoms with Gasteiger partial charge in [-0.3, -0.25) is 4.79 Å². The summed E-state index contributed by atoms with van der Waals surface area (Å²) in [6.45, 7) is 0.810. The smallest absolute Gasteiger partial charge is 0.248 e. The summed E-state index contributed by atoms with van der Waals surface area (Å²) in [5.41, 5.74) is 2.20. The molecule has 4 aromatic rings. The number of carbonyl (C=O) groups is 1. The Morgan fingerprint density at radius 1 is 1.03 bits per heavy atom. The second-order valence-electron chi connectivity index (χ2n) is 7.65. The molecule has 0 radical (unpaired) electrons. The Labute approximate surface area is 189 Å². The van der Waals surface area contributed by atoms with E-state index in [1.807, 2.05) is 36.4 Å². The van der Waals surface area contributed by atoms with Crippen LogP contribution in [0.2, 0.25) is 5.02 Å². The van der Waals surface area contributed by atoms with Crippen LogP contribution in [0, 0.1) is 0 Å². The Morgan fingerprint density at radius 3 is 2.78 bits per heavy atom. The van der Waals surface area contributed by atoms with Crippen molar-refractivity contribution in [2.45, 2.75) is 38.8 Å². The third kappa shape index (κ3) is 4.24. The molecule has 0 unspecified atom stereocenters. The first-order chi connectivity index (χ1) is 15.7. The fraction of sp³-hybridized carbons (Fsp3) is 0.273. The van der Waals surface area contributed by atoms with Gasteiger partial charge in [0.2, 0.25) is 11.7 Å². The second kappa shape index (κ2) is 8.88. The number of benzene rings is 2. The zero-order valence-corrected chi connectivity index (χ0v) is 18.0. The molecule has 0 fully saturated rings. The number of nitrogens with zero attached hydrogens (tertiary/aromatic N) is 7. The van der Waals surface area contributed by atoms with Crippen molar-refractivity contribution in [1.82, 2.24) is 35.0 Å². The number of tetrazole rings is 1. The van der Waals surface area contributed by atoms with Crippen LogP contribution in [0.3, 0.4) is 0 Å². The van der Waals surface area contributed by atoms with E-state index in [1.54, 1.807) is 12.1 Å². The molecule has 1 aliphatic heterocycles. The number of nitrogens with one attached hydrogen (secondary N) is 1. The molecule has 0 saturated heterocycles. The maximum absolute atomic E-state index is 12.6. The monoisotopic (exact) mass is 448 g/mol. The van der Waals surface area contributed by atoms with Gasteiger partial charge in [-0.25, -0.2) is 0 Å². The van der Waals surface area contributed by atoms with E-state index in [-0.39, 0.29) is 12.5 Å². The minimum atomic E-state index is -0.268. The van der Waals surface area contributed by atoms with Crippen molar-refractivity contribution < 1.29 is 4.79 Å². The summed E-state index contributed by atoms with van der Waals surface area (Å²) in [6.07, 6.45) is 4.29. The SMILES string of the molecule is O=C(Cn1nnc(-c2ccccc2)n1)Nc1ccc(Cl)c(-c2nnc3n2CCCCC3)c1. The molecule has 32 heavy (non-hydrogen) atoms. The lowest BCUT2D eigenvalue weighted by atomic mass is 10.1. The van der Waals surface area contributed by atoms with Gasteiger partial charge in [0.1, 0.15) is 12.4 Å². The largest absolute Gasteiger partial charge is 0.324 e. The molecule has 9 nitrogen and oxygen atoms in total. The molecule has 2 aromatic carbocycles. The van der Waals surface area contributed by atoms with Crippen LogP contribution >= 0.6 is 11.6 Å². The molecule has 3 heterocycles. The van der Waals surface area contributed by atoms with E-state index in [1.165, 1.54) is 11.2 Å². The Kier molecular flexibility index (Phi) is 5.64. The van der Waals surface area contributed by atoms with Crippen molar-refractivity contribution in [2.75, 3.05) is 5.32 Å². The standard InChI is InChI=1S/C22H21ClN8O/c23-18-11-10-16(13-17(18)22-27-25-19-9-5-2-6-12-30(19)22)24-20(32)14-31-28-21(26-29-31)15-7-3-1-4-8-15/h1,3-4,7-8,10-11,13H,2,5-6,9,12,14H2,(H,24,32). The molecule has 1 N–H and O–H groups in total. The van der Waals surface area contributed by atoms with Gasteiger partial charge in [0, 0.05) is 29.8 Å². The zero-order valence-electron chi connectivity index (χ0n) is 17.3. The summed E-state index contributed by atoms with van der Waals surface area (Å²) < 4.78 is 2.13. The van der Waals surface area contributed by atoms with Crippen LogP contribution in [0.15, 0.2) is 48.5 Å². The number of aromatic nitrogens is 7. The molecule has 2 aromatic heterocycles. The van der Waals surface area contributed by atoms with Crippen molar-refractivity contribution in [1.29, 1.82) is 0 Å². The maximum Gasteiger partial charge on any atom is 0.248 e. The van der Waals surface area contributed by atoms with E-state index < -0.39 is 0 Å². The Morgan fingerprint density at radius 2 is 1.91 bits per heavy atom. The normalized spacial score (nSPS) is 13.4. The van der Waals surface area contributed by atoms with Gasteiger partial charge >= 0.3 is 0 Å². The van der Waals surface area contributed by atoms with E-state index in [0.29, 0.717) is 16.5 Å². The van der Waals surface area contributed by atoms with Crippen LogP contribution in [-0.2, 0) is 24.3 Å². The van der Waals surface area contributed by atoms with Crippen LogP contribution in [0.25, 0.3) is 22.8 Å². The van der Waals surface area contributed by atoms with E-state index in [0.717, 1.165) is 48.6 Å². The molecule has 0 aliphatic carbocycles. The summed E-state index contributed by atoms with van der Waals surface area (Å²) in [4.78, 5) is 13.9. The topological polar surface area (TPSA) is 103 Å². The van der Waals surface area contributed by atoms with Crippen LogP contribution in [0.4, 0.5) is 5.69 Å². The summed E-state index contributed by atoms with van der Waals surface area (Å²) in [5, 5.41) is 24.4. The highest BCUT2D eigenvalue weighted by Crippen LogP contribution is 2.31. The van der Waals surface area contributed by atoms with Gasteiger partial charge < -0.3 is 9.88 Å². The van der Waals surface area contributed by atoms with Crippen molar-refractivity contribution >= 4 is 23.2 Å². The third-order valence-corrected chi connectivity index (χ3v) is 5.70. The van der Waals surface area contributed by atoms with Crippen LogP contribution in [0.1, 0.15) is 25.1 Å². The van der Waals surface area contributed by atoms with Crippen LogP contribution < -0.4 is 5.32 Å². The molecule has 0 spiro atoms. The summed E-state index contributed by atoms with van der Waals surface area (Å²) >= 11 is 6.47. The number of halogens is 1. The molecule has 0 atom stereocenters. The van der Waals surface area contributed by atoms with Gasteiger partial charge in [-0.1, -0.05) is 48.4 Å². The Hall–Kier alpha value is -3.59. The molecule has 10 heteroatoms. The third-order valence-electron chi connectivity index (χ3n) is 5.37. The number of amides is 1. The number of anilines is 1. The average molecular weight is 449 g/mol. The number of hydrogen-bond acceptors (Lipinski definition) is 6. The van der Waals surface area contributed by atoms with E-state index in [4.69, 9.17) is 11.6 Å². The molecule has 5 rings (SSSR count). The summed E-state index contributed by atoms with van der Waals surface area (Å²) in [5.74, 6) is 1.91. The first kappa shape index (κ1) is 20.3. The second-order valence-corrected chi connectivity index (χ2v) is 8.06. The van der Waals surface area contributed by atoms with E-state index >= 15 is 0 Å². The number of hydrogen-bond donors (Lipinski definition) is 1. The first-order valence-electron chi connectivity index (χ1n) is 10.5. The number of fused-ring (bicyclic) bond motifs is 1. The molecular formula is C22H21ClN8O. The van der Waals surface area contributed by atoms with Gasteiger partial charge in [-0.15, -0.1) is 20.4 Å². The minimum absolute atomic E-state index is 0.0574. The van der Waals surface area contributed by atoms with E-state index in [2.05, 4.69) is 35.5 Å². The highest BCUT2D eigenvalue weighted by Gasteiger charge is 2.19. The molecule has 0 saturated carbocycles. The van der Waals surface area contributed by atoms with Crippen molar-refractivity contribution in [3.63, 3.8) is 0 Å². The van der Waals surface area contributed by atoms with Crippen molar-refractivity contribution in [3.8, 4) is 22.8 Å². The molecule has 162 valence electrons. The number of aryl methyl sites for hydroxylation is 1. The van der Waals surface area contributed by atoms with Crippen LogP contribution in [0.5, 0.6) is 0 Å². The molecule has 0 bridgehead atoms. The van der Waals surface area contributed by atoms with Gasteiger partial charge in [0.25, 0.3) is 0 Å². The van der Waals surface area contributed by atoms with Crippen molar-refractivity contribution in [3.05, 3.63) is 59.4 Å². The fourth-order valence-corrected chi connectivity index (χ4v) is 4.00. The van der Waals surface area contributed by atoms with E-state index in [9.17, 15) is 4.79 Å². The summed E-state index contributed by atoms with van der Waals surface area (Å²) in [7, 11) is 0. The summed E-state index contributed by atoms with van der Waals surface area (Å²) in [6, 6.07) is 14.8. The molecule has 1 aliphatic rings. The number of carbonyl (C=O) groups excluding carboxylic acids is 1. The Bertz CT molecular complexity index is 1250. The average Bonchev–Trinajstić information content (AvgIpc) is 3.36. The minimum Gasteiger partial charge on any atom is -0.324 e. The van der Waals surface area contributed by atoms with Crippen LogP contribution in [-0.4, -0.2) is 40.9 Å². The van der Waals surface area contributed by atoms with Gasteiger partial charge in [0.15, 0.2) is 5.82 Å².